The highest BCUT2D eigenvalue weighted by atomic mass is 14.9. The number of aryl methyl sites for hydroxylation is 2. The van der Waals surface area contributed by atoms with Crippen molar-refractivity contribution in [1.29, 1.82) is 0 Å². The molecular formula is C16H22N4. The van der Waals surface area contributed by atoms with E-state index in [1.54, 1.807) is 12.4 Å². The maximum absolute atomic E-state index is 4.62. The fraction of sp³-hybridized carbons (Fsp3) is 0.438. The van der Waals surface area contributed by atoms with Gasteiger partial charge in [-0.15, -0.1) is 0 Å². The zero-order valence-electron chi connectivity index (χ0n) is 12.6. The molecule has 0 saturated carbocycles. The molecule has 2 aromatic heterocycles. The monoisotopic (exact) mass is 270 g/mol. The highest BCUT2D eigenvalue weighted by Crippen LogP contribution is 2.18. The first-order valence-electron chi connectivity index (χ1n) is 7.03. The number of hydrogen-bond donors (Lipinski definition) is 1. The number of hydrogen-bond acceptors (Lipinski definition) is 4. The van der Waals surface area contributed by atoms with Gasteiger partial charge in [-0.2, -0.15) is 0 Å². The minimum Gasteiger partial charge on any atom is -0.312 e. The van der Waals surface area contributed by atoms with Crippen LogP contribution >= 0.6 is 0 Å². The number of pyridine rings is 1. The van der Waals surface area contributed by atoms with Crippen LogP contribution in [0.1, 0.15) is 30.8 Å². The lowest BCUT2D eigenvalue weighted by Crippen LogP contribution is -2.21. The first-order chi connectivity index (χ1) is 9.58. The minimum atomic E-state index is 0.646. The van der Waals surface area contributed by atoms with Gasteiger partial charge in [0.05, 0.1) is 0 Å². The minimum absolute atomic E-state index is 0.646. The van der Waals surface area contributed by atoms with Crippen LogP contribution in [0.3, 0.4) is 0 Å². The first-order valence-corrected chi connectivity index (χ1v) is 7.03. The van der Waals surface area contributed by atoms with E-state index in [0.29, 0.717) is 5.92 Å². The molecule has 0 unspecified atom stereocenters. The van der Waals surface area contributed by atoms with E-state index >= 15 is 0 Å². The third-order valence-electron chi connectivity index (χ3n) is 3.21. The molecule has 2 aromatic rings. The smallest absolute Gasteiger partial charge is 0.159 e. The van der Waals surface area contributed by atoms with Crippen molar-refractivity contribution in [2.45, 2.75) is 34.2 Å². The number of nitrogens with one attached hydrogen (secondary N) is 1. The lowest BCUT2D eigenvalue weighted by Gasteiger charge is -2.13. The Kier molecular flexibility index (Phi) is 4.79. The molecule has 1 N–H and O–H groups in total. The van der Waals surface area contributed by atoms with Gasteiger partial charge in [0.15, 0.2) is 5.82 Å². The molecule has 0 aliphatic heterocycles. The van der Waals surface area contributed by atoms with Gasteiger partial charge in [0.25, 0.3) is 0 Å². The number of aromatic nitrogens is 3. The molecule has 0 aliphatic rings. The molecule has 0 saturated heterocycles. The molecule has 20 heavy (non-hydrogen) atoms. The average Bonchev–Trinajstić information content (AvgIpc) is 2.42. The van der Waals surface area contributed by atoms with Crippen LogP contribution in [-0.2, 0) is 6.54 Å². The summed E-state index contributed by atoms with van der Waals surface area (Å²) in [4.78, 5) is 13.3. The molecule has 0 aliphatic carbocycles. The van der Waals surface area contributed by atoms with Crippen molar-refractivity contribution in [3.63, 3.8) is 0 Å². The van der Waals surface area contributed by atoms with Crippen molar-refractivity contribution in [2.24, 2.45) is 5.92 Å². The highest BCUT2D eigenvalue weighted by Gasteiger charge is 2.09. The lowest BCUT2D eigenvalue weighted by molar-refractivity contribution is 0.549. The summed E-state index contributed by atoms with van der Waals surface area (Å²) in [6.07, 6.45) is 3.53. The van der Waals surface area contributed by atoms with Crippen molar-refractivity contribution in [3.05, 3.63) is 41.5 Å². The summed E-state index contributed by atoms with van der Waals surface area (Å²) < 4.78 is 0. The molecule has 4 nitrogen and oxygen atoms in total. The third-order valence-corrected chi connectivity index (χ3v) is 3.21. The molecule has 0 atom stereocenters. The molecule has 0 aromatic carbocycles. The maximum atomic E-state index is 4.62. The van der Waals surface area contributed by atoms with Crippen molar-refractivity contribution in [2.75, 3.05) is 6.54 Å². The molecule has 0 amide bonds. The van der Waals surface area contributed by atoms with E-state index in [4.69, 9.17) is 0 Å². The second kappa shape index (κ2) is 6.57. The Morgan fingerprint density at radius 3 is 2.20 bits per heavy atom. The van der Waals surface area contributed by atoms with Gasteiger partial charge in [-0.05, 0) is 38.4 Å². The normalized spacial score (nSPS) is 11.1. The van der Waals surface area contributed by atoms with Crippen LogP contribution in [0, 0.1) is 19.8 Å². The van der Waals surface area contributed by atoms with Gasteiger partial charge in [-0.3, -0.25) is 4.98 Å². The van der Waals surface area contributed by atoms with Gasteiger partial charge in [0.1, 0.15) is 0 Å². The summed E-state index contributed by atoms with van der Waals surface area (Å²) in [5.41, 5.74) is 4.29. The Morgan fingerprint density at radius 1 is 1.05 bits per heavy atom. The average molecular weight is 270 g/mol. The van der Waals surface area contributed by atoms with E-state index < -0.39 is 0 Å². The van der Waals surface area contributed by atoms with Gasteiger partial charge in [0.2, 0.25) is 0 Å². The van der Waals surface area contributed by atoms with Crippen molar-refractivity contribution in [1.82, 2.24) is 20.3 Å². The Morgan fingerprint density at radius 2 is 1.65 bits per heavy atom. The van der Waals surface area contributed by atoms with Crippen LogP contribution in [0.5, 0.6) is 0 Å². The molecule has 0 radical (unpaired) electrons. The Labute approximate surface area is 120 Å². The lowest BCUT2D eigenvalue weighted by atomic mass is 10.1. The molecule has 106 valence electrons. The van der Waals surface area contributed by atoms with Crippen LogP contribution in [0.4, 0.5) is 0 Å². The standard InChI is InChI=1S/C16H22N4/c1-11(2)9-18-10-15-12(3)19-16(20-13(15)4)14-5-7-17-8-6-14/h5-8,11,18H,9-10H2,1-4H3. The SMILES string of the molecule is Cc1nc(-c2ccncc2)nc(C)c1CNCC(C)C. The summed E-state index contributed by atoms with van der Waals surface area (Å²) in [7, 11) is 0. The molecular weight excluding hydrogens is 248 g/mol. The fourth-order valence-corrected chi connectivity index (χ4v) is 2.11. The van der Waals surface area contributed by atoms with E-state index in [2.05, 4.69) is 34.1 Å². The number of rotatable bonds is 5. The topological polar surface area (TPSA) is 50.7 Å². The van der Waals surface area contributed by atoms with E-state index in [-0.39, 0.29) is 0 Å². The predicted octanol–water partition coefficient (Wildman–Crippen LogP) is 2.90. The van der Waals surface area contributed by atoms with E-state index in [0.717, 1.165) is 35.9 Å². The van der Waals surface area contributed by atoms with Crippen LogP contribution in [0.15, 0.2) is 24.5 Å². The summed E-state index contributed by atoms with van der Waals surface area (Å²) >= 11 is 0. The fourth-order valence-electron chi connectivity index (χ4n) is 2.11. The second-order valence-corrected chi connectivity index (χ2v) is 5.46. The zero-order chi connectivity index (χ0) is 14.5. The summed E-state index contributed by atoms with van der Waals surface area (Å²) in [5.74, 6) is 1.42. The van der Waals surface area contributed by atoms with Crippen LogP contribution in [0.2, 0.25) is 0 Å². The molecule has 0 bridgehead atoms. The summed E-state index contributed by atoms with van der Waals surface area (Å²) in [6.45, 7) is 10.3. The molecule has 0 spiro atoms. The largest absolute Gasteiger partial charge is 0.312 e. The third kappa shape index (κ3) is 3.61. The Bertz CT molecular complexity index is 541. The van der Waals surface area contributed by atoms with Crippen LogP contribution in [0.25, 0.3) is 11.4 Å². The number of nitrogens with zero attached hydrogens (tertiary/aromatic N) is 3. The summed E-state index contributed by atoms with van der Waals surface area (Å²) in [5, 5.41) is 3.45. The van der Waals surface area contributed by atoms with Gasteiger partial charge in [-0.25, -0.2) is 9.97 Å². The molecule has 4 heteroatoms. The second-order valence-electron chi connectivity index (χ2n) is 5.46. The van der Waals surface area contributed by atoms with Crippen LogP contribution < -0.4 is 5.32 Å². The van der Waals surface area contributed by atoms with Gasteiger partial charge < -0.3 is 5.32 Å². The Hall–Kier alpha value is -1.81. The van der Waals surface area contributed by atoms with Crippen molar-refractivity contribution < 1.29 is 0 Å². The van der Waals surface area contributed by atoms with Gasteiger partial charge >= 0.3 is 0 Å². The van der Waals surface area contributed by atoms with E-state index in [1.807, 2.05) is 26.0 Å². The zero-order valence-corrected chi connectivity index (χ0v) is 12.6. The molecule has 0 fully saturated rings. The highest BCUT2D eigenvalue weighted by molar-refractivity contribution is 5.54. The molecule has 2 heterocycles. The van der Waals surface area contributed by atoms with Crippen molar-refractivity contribution >= 4 is 0 Å². The maximum Gasteiger partial charge on any atom is 0.159 e. The summed E-state index contributed by atoms with van der Waals surface area (Å²) in [6, 6.07) is 3.87. The quantitative estimate of drug-likeness (QED) is 0.907. The van der Waals surface area contributed by atoms with Gasteiger partial charge in [-0.1, -0.05) is 13.8 Å². The Balaban J connectivity index is 2.21. The van der Waals surface area contributed by atoms with E-state index in [9.17, 15) is 0 Å². The van der Waals surface area contributed by atoms with E-state index in [1.165, 1.54) is 5.56 Å². The van der Waals surface area contributed by atoms with Crippen molar-refractivity contribution in [3.8, 4) is 11.4 Å². The predicted molar refractivity (Wildman–Crippen MR) is 81.3 cm³/mol. The van der Waals surface area contributed by atoms with Crippen LogP contribution in [-0.4, -0.2) is 21.5 Å². The van der Waals surface area contributed by atoms with Gasteiger partial charge in [0, 0.05) is 41.5 Å². The first kappa shape index (κ1) is 14.6. The molecule has 2 rings (SSSR count).